The first-order valence-corrected chi connectivity index (χ1v) is 6.89. The van der Waals surface area contributed by atoms with Crippen molar-refractivity contribution in [2.24, 2.45) is 0 Å². The summed E-state index contributed by atoms with van der Waals surface area (Å²) >= 11 is 0. The van der Waals surface area contributed by atoms with Crippen molar-refractivity contribution in [2.45, 2.75) is 13.5 Å². The number of nitrogens with zero attached hydrogens (tertiary/aromatic N) is 2. The number of ether oxygens (including phenoxy) is 1. The topological polar surface area (TPSA) is 83.5 Å². The largest absolute Gasteiger partial charge is 0.465 e. The molecule has 23 heavy (non-hydrogen) atoms. The molecule has 0 N–H and O–H groups in total. The highest BCUT2D eigenvalue weighted by atomic mass is 16.5. The molecule has 2 rings (SSSR count). The molecule has 0 radical (unpaired) electrons. The number of methoxy groups -OCH3 is 1. The molecular formula is C17H16N2O4. The number of amides is 1. The van der Waals surface area contributed by atoms with Gasteiger partial charge in [-0.05, 0) is 37.3 Å². The van der Waals surface area contributed by atoms with Crippen molar-refractivity contribution in [3.05, 3.63) is 58.5 Å². The molecule has 0 spiro atoms. The molecule has 118 valence electrons. The molecule has 0 unspecified atom stereocenters. The number of rotatable bonds is 4. The standard InChI is InChI=1S/C17H16N2O4/c1-11-15(17(21)22-3)8-14(23-11)10-19(2)16(20)13-6-4-12(9-18)5-7-13/h4-8H,10H2,1-3H3. The first-order valence-electron chi connectivity index (χ1n) is 6.89. The second-order valence-corrected chi connectivity index (χ2v) is 5.02. The Morgan fingerprint density at radius 3 is 2.52 bits per heavy atom. The molecule has 1 heterocycles. The Hall–Kier alpha value is -3.07. The molecule has 0 saturated carbocycles. The van der Waals surface area contributed by atoms with Crippen LogP contribution in [0.4, 0.5) is 0 Å². The van der Waals surface area contributed by atoms with E-state index in [1.54, 1.807) is 44.3 Å². The van der Waals surface area contributed by atoms with E-state index in [9.17, 15) is 9.59 Å². The first-order chi connectivity index (χ1) is 11.0. The minimum absolute atomic E-state index is 0.205. The summed E-state index contributed by atoms with van der Waals surface area (Å²) in [4.78, 5) is 25.4. The zero-order valence-electron chi connectivity index (χ0n) is 13.1. The SMILES string of the molecule is COC(=O)c1cc(CN(C)C(=O)c2ccc(C#N)cc2)oc1C. The Morgan fingerprint density at radius 1 is 1.30 bits per heavy atom. The lowest BCUT2D eigenvalue weighted by atomic mass is 10.1. The Balaban J connectivity index is 2.12. The molecule has 2 aromatic rings. The van der Waals surface area contributed by atoms with Gasteiger partial charge in [0.15, 0.2) is 0 Å². The third-order valence-electron chi connectivity index (χ3n) is 3.37. The number of benzene rings is 1. The van der Waals surface area contributed by atoms with E-state index in [0.717, 1.165) is 0 Å². The van der Waals surface area contributed by atoms with Gasteiger partial charge in [0.25, 0.3) is 5.91 Å². The number of hydrogen-bond donors (Lipinski definition) is 0. The minimum atomic E-state index is -0.474. The Bertz CT molecular complexity index is 769. The van der Waals surface area contributed by atoms with E-state index in [-0.39, 0.29) is 12.5 Å². The van der Waals surface area contributed by atoms with Crippen LogP contribution < -0.4 is 0 Å². The summed E-state index contributed by atoms with van der Waals surface area (Å²) in [5, 5.41) is 8.77. The maximum absolute atomic E-state index is 12.3. The summed E-state index contributed by atoms with van der Waals surface area (Å²) in [7, 11) is 2.94. The highest BCUT2D eigenvalue weighted by molar-refractivity contribution is 5.94. The van der Waals surface area contributed by atoms with E-state index in [1.807, 2.05) is 6.07 Å². The lowest BCUT2D eigenvalue weighted by molar-refractivity contribution is 0.0598. The van der Waals surface area contributed by atoms with Crippen molar-refractivity contribution in [2.75, 3.05) is 14.2 Å². The number of carbonyl (C=O) groups is 2. The Kier molecular flexibility index (Phi) is 4.82. The van der Waals surface area contributed by atoms with Crippen LogP contribution >= 0.6 is 0 Å². The molecule has 0 aliphatic rings. The average molecular weight is 312 g/mol. The third kappa shape index (κ3) is 3.58. The maximum atomic E-state index is 12.3. The van der Waals surface area contributed by atoms with E-state index in [1.165, 1.54) is 12.0 Å². The van der Waals surface area contributed by atoms with Gasteiger partial charge in [-0.2, -0.15) is 5.26 Å². The molecule has 0 aliphatic heterocycles. The van der Waals surface area contributed by atoms with Crippen molar-refractivity contribution in [3.63, 3.8) is 0 Å². The lowest BCUT2D eigenvalue weighted by Gasteiger charge is -2.15. The molecule has 1 aromatic carbocycles. The normalized spacial score (nSPS) is 10.0. The number of nitriles is 1. The highest BCUT2D eigenvalue weighted by Gasteiger charge is 2.18. The van der Waals surface area contributed by atoms with Gasteiger partial charge in [0.1, 0.15) is 17.1 Å². The average Bonchev–Trinajstić information content (AvgIpc) is 2.93. The minimum Gasteiger partial charge on any atom is -0.465 e. The van der Waals surface area contributed by atoms with Crippen LogP contribution in [0.1, 0.15) is 37.8 Å². The Morgan fingerprint density at radius 2 is 1.96 bits per heavy atom. The van der Waals surface area contributed by atoms with Crippen molar-refractivity contribution in [3.8, 4) is 6.07 Å². The van der Waals surface area contributed by atoms with E-state index in [2.05, 4.69) is 4.74 Å². The summed E-state index contributed by atoms with van der Waals surface area (Å²) in [6, 6.07) is 9.96. The van der Waals surface area contributed by atoms with Gasteiger partial charge in [0, 0.05) is 12.6 Å². The first kappa shape index (κ1) is 16.3. The monoisotopic (exact) mass is 312 g/mol. The molecule has 0 bridgehead atoms. The van der Waals surface area contributed by atoms with Crippen LogP contribution in [0.15, 0.2) is 34.7 Å². The molecular weight excluding hydrogens is 296 g/mol. The van der Waals surface area contributed by atoms with E-state index < -0.39 is 5.97 Å². The summed E-state index contributed by atoms with van der Waals surface area (Å²) < 4.78 is 10.2. The van der Waals surface area contributed by atoms with Gasteiger partial charge in [0.2, 0.25) is 0 Å². The van der Waals surface area contributed by atoms with Crippen LogP contribution in [0.5, 0.6) is 0 Å². The second kappa shape index (κ2) is 6.79. The van der Waals surface area contributed by atoms with E-state index in [4.69, 9.17) is 9.68 Å². The van der Waals surface area contributed by atoms with Crippen LogP contribution in [0.25, 0.3) is 0 Å². The Labute approximate surface area is 133 Å². The highest BCUT2D eigenvalue weighted by Crippen LogP contribution is 2.18. The van der Waals surface area contributed by atoms with Crippen LogP contribution in [-0.4, -0.2) is 30.9 Å². The molecule has 0 aliphatic carbocycles. The lowest BCUT2D eigenvalue weighted by Crippen LogP contribution is -2.25. The summed E-state index contributed by atoms with van der Waals surface area (Å²) in [6.45, 7) is 1.88. The second-order valence-electron chi connectivity index (χ2n) is 5.02. The number of hydrogen-bond acceptors (Lipinski definition) is 5. The van der Waals surface area contributed by atoms with Crippen molar-refractivity contribution in [1.82, 2.24) is 4.90 Å². The molecule has 0 saturated heterocycles. The summed E-state index contributed by atoms with van der Waals surface area (Å²) in [5.41, 5.74) is 1.32. The van der Waals surface area contributed by atoms with Crippen LogP contribution in [0.2, 0.25) is 0 Å². The molecule has 6 heteroatoms. The fraction of sp³-hybridized carbons (Fsp3) is 0.235. The predicted molar refractivity (Wildman–Crippen MR) is 81.7 cm³/mol. The van der Waals surface area contributed by atoms with Gasteiger partial charge < -0.3 is 14.1 Å². The van der Waals surface area contributed by atoms with Gasteiger partial charge in [-0.1, -0.05) is 0 Å². The summed E-state index contributed by atoms with van der Waals surface area (Å²) in [5.74, 6) is 0.264. The van der Waals surface area contributed by atoms with Crippen LogP contribution in [0.3, 0.4) is 0 Å². The number of carbonyl (C=O) groups excluding carboxylic acids is 2. The number of furan rings is 1. The molecule has 1 amide bonds. The van der Waals surface area contributed by atoms with Gasteiger partial charge in [-0.25, -0.2) is 4.79 Å². The zero-order valence-corrected chi connectivity index (χ0v) is 13.1. The van der Waals surface area contributed by atoms with Gasteiger partial charge in [0.05, 0.1) is 25.3 Å². The molecule has 1 aromatic heterocycles. The van der Waals surface area contributed by atoms with Gasteiger partial charge in [-0.3, -0.25) is 4.79 Å². The molecule has 0 atom stereocenters. The fourth-order valence-corrected chi connectivity index (χ4v) is 2.15. The third-order valence-corrected chi connectivity index (χ3v) is 3.37. The smallest absolute Gasteiger partial charge is 0.341 e. The maximum Gasteiger partial charge on any atom is 0.341 e. The van der Waals surface area contributed by atoms with Crippen molar-refractivity contribution < 1.29 is 18.7 Å². The molecule has 0 fully saturated rings. The van der Waals surface area contributed by atoms with Crippen LogP contribution in [-0.2, 0) is 11.3 Å². The van der Waals surface area contributed by atoms with Gasteiger partial charge >= 0.3 is 5.97 Å². The predicted octanol–water partition coefficient (Wildman–Crippen LogP) is 2.52. The zero-order chi connectivity index (χ0) is 17.0. The quantitative estimate of drug-likeness (QED) is 0.810. The number of aryl methyl sites for hydroxylation is 1. The number of esters is 1. The van der Waals surface area contributed by atoms with E-state index >= 15 is 0 Å². The van der Waals surface area contributed by atoms with Crippen molar-refractivity contribution in [1.29, 1.82) is 5.26 Å². The van der Waals surface area contributed by atoms with Crippen LogP contribution in [0, 0.1) is 18.3 Å². The summed E-state index contributed by atoms with van der Waals surface area (Å²) in [6.07, 6.45) is 0. The van der Waals surface area contributed by atoms with E-state index in [0.29, 0.717) is 28.2 Å². The van der Waals surface area contributed by atoms with Crippen molar-refractivity contribution >= 4 is 11.9 Å². The molecule has 6 nitrogen and oxygen atoms in total. The fourth-order valence-electron chi connectivity index (χ4n) is 2.15. The van der Waals surface area contributed by atoms with Gasteiger partial charge in [-0.15, -0.1) is 0 Å².